The lowest BCUT2D eigenvalue weighted by Gasteiger charge is -2.24. The maximum absolute atomic E-state index is 10.7. The number of thioether (sulfide) groups is 1. The van der Waals surface area contributed by atoms with Crippen LogP contribution in [0.1, 0.15) is 29.8 Å². The number of aromatic carboxylic acids is 1. The second-order valence-corrected chi connectivity index (χ2v) is 5.07. The highest BCUT2D eigenvalue weighted by Crippen LogP contribution is 2.26. The van der Waals surface area contributed by atoms with Gasteiger partial charge < -0.3 is 5.11 Å². The lowest BCUT2D eigenvalue weighted by atomic mass is 9.86. The second kappa shape index (κ2) is 4.71. The van der Waals surface area contributed by atoms with E-state index in [0.29, 0.717) is 5.56 Å². The van der Waals surface area contributed by atoms with Gasteiger partial charge in [0.15, 0.2) is 0 Å². The van der Waals surface area contributed by atoms with Crippen LogP contribution in [0.2, 0.25) is 0 Å². The minimum absolute atomic E-state index is 0.0937. The fourth-order valence-corrected chi connectivity index (χ4v) is 2.40. The molecule has 1 aromatic rings. The van der Waals surface area contributed by atoms with Gasteiger partial charge in [0.2, 0.25) is 0 Å². The number of hydrogen-bond acceptors (Lipinski definition) is 2. The van der Waals surface area contributed by atoms with Crippen molar-refractivity contribution in [3.63, 3.8) is 0 Å². The molecule has 3 heteroatoms. The fourth-order valence-electron chi connectivity index (χ4n) is 1.51. The van der Waals surface area contributed by atoms with Crippen molar-refractivity contribution in [2.24, 2.45) is 0 Å². The summed E-state index contributed by atoms with van der Waals surface area (Å²) in [6, 6.07) is 7.14. The van der Waals surface area contributed by atoms with Crippen molar-refractivity contribution in [2.45, 2.75) is 19.3 Å². The van der Waals surface area contributed by atoms with Gasteiger partial charge >= 0.3 is 5.97 Å². The molecule has 0 aliphatic heterocycles. The van der Waals surface area contributed by atoms with Crippen molar-refractivity contribution in [1.82, 2.24) is 0 Å². The third-order valence-corrected chi connectivity index (χ3v) is 3.43. The van der Waals surface area contributed by atoms with Gasteiger partial charge in [0.25, 0.3) is 0 Å². The number of benzene rings is 1. The van der Waals surface area contributed by atoms with Crippen molar-refractivity contribution in [2.75, 3.05) is 12.0 Å². The van der Waals surface area contributed by atoms with E-state index in [9.17, 15) is 4.79 Å². The SMILES string of the molecule is CSCC(C)(C)c1ccc(C(=O)O)cc1. The molecule has 0 fully saturated rings. The van der Waals surface area contributed by atoms with Crippen LogP contribution < -0.4 is 0 Å². The quantitative estimate of drug-likeness (QED) is 0.854. The van der Waals surface area contributed by atoms with Gasteiger partial charge in [-0.05, 0) is 29.4 Å². The lowest BCUT2D eigenvalue weighted by Crippen LogP contribution is -2.20. The average molecular weight is 224 g/mol. The molecule has 0 radical (unpaired) electrons. The second-order valence-electron chi connectivity index (χ2n) is 4.20. The topological polar surface area (TPSA) is 37.3 Å². The summed E-state index contributed by atoms with van der Waals surface area (Å²) in [4.78, 5) is 10.7. The van der Waals surface area contributed by atoms with Gasteiger partial charge in [-0.3, -0.25) is 0 Å². The molecule has 0 saturated heterocycles. The molecule has 0 atom stereocenters. The van der Waals surface area contributed by atoms with Crippen molar-refractivity contribution in [3.05, 3.63) is 35.4 Å². The van der Waals surface area contributed by atoms with Gasteiger partial charge in [-0.25, -0.2) is 4.79 Å². The molecule has 1 rings (SSSR count). The maximum atomic E-state index is 10.7. The number of carboxylic acids is 1. The summed E-state index contributed by atoms with van der Waals surface area (Å²) in [6.07, 6.45) is 2.08. The highest BCUT2D eigenvalue weighted by molar-refractivity contribution is 7.98. The Morgan fingerprint density at radius 3 is 2.27 bits per heavy atom. The molecule has 0 unspecified atom stereocenters. The van der Waals surface area contributed by atoms with Crippen molar-refractivity contribution in [1.29, 1.82) is 0 Å². The zero-order valence-corrected chi connectivity index (χ0v) is 10.1. The molecule has 0 aliphatic rings. The van der Waals surface area contributed by atoms with Crippen LogP contribution in [0.5, 0.6) is 0 Å². The van der Waals surface area contributed by atoms with Crippen molar-refractivity contribution < 1.29 is 9.90 Å². The van der Waals surface area contributed by atoms with E-state index < -0.39 is 5.97 Å². The Kier molecular flexibility index (Phi) is 3.80. The molecular weight excluding hydrogens is 208 g/mol. The number of carbonyl (C=O) groups is 1. The molecule has 2 nitrogen and oxygen atoms in total. The number of carboxylic acid groups (broad SMARTS) is 1. The maximum Gasteiger partial charge on any atom is 0.335 e. The molecule has 0 bridgehead atoms. The normalized spacial score (nSPS) is 11.4. The molecule has 0 aliphatic carbocycles. The first-order valence-corrected chi connectivity index (χ1v) is 6.19. The number of hydrogen-bond donors (Lipinski definition) is 1. The van der Waals surface area contributed by atoms with E-state index in [-0.39, 0.29) is 5.41 Å². The van der Waals surface area contributed by atoms with Crippen LogP contribution in [-0.2, 0) is 5.41 Å². The van der Waals surface area contributed by atoms with Gasteiger partial charge in [0.1, 0.15) is 0 Å². The zero-order valence-electron chi connectivity index (χ0n) is 9.28. The summed E-state index contributed by atoms with van der Waals surface area (Å²) in [5, 5.41) is 8.78. The van der Waals surface area contributed by atoms with E-state index in [1.807, 2.05) is 12.1 Å². The lowest BCUT2D eigenvalue weighted by molar-refractivity contribution is 0.0697. The van der Waals surface area contributed by atoms with E-state index in [0.717, 1.165) is 5.75 Å². The zero-order chi connectivity index (χ0) is 11.5. The van der Waals surface area contributed by atoms with Crippen LogP contribution in [0.25, 0.3) is 0 Å². The van der Waals surface area contributed by atoms with E-state index in [2.05, 4.69) is 20.1 Å². The largest absolute Gasteiger partial charge is 0.478 e. The summed E-state index contributed by atoms with van der Waals surface area (Å²) < 4.78 is 0. The molecule has 15 heavy (non-hydrogen) atoms. The first-order valence-electron chi connectivity index (χ1n) is 4.80. The van der Waals surface area contributed by atoms with Crippen LogP contribution >= 0.6 is 11.8 Å². The van der Waals surface area contributed by atoms with Gasteiger partial charge in [-0.15, -0.1) is 0 Å². The Morgan fingerprint density at radius 1 is 1.33 bits per heavy atom. The highest BCUT2D eigenvalue weighted by atomic mass is 32.2. The highest BCUT2D eigenvalue weighted by Gasteiger charge is 2.19. The molecule has 0 aromatic heterocycles. The summed E-state index contributed by atoms with van der Waals surface area (Å²) in [5.74, 6) is 0.156. The van der Waals surface area contributed by atoms with E-state index in [1.54, 1.807) is 23.9 Å². The van der Waals surface area contributed by atoms with Crippen LogP contribution in [0.4, 0.5) is 0 Å². The molecule has 82 valence electrons. The predicted octanol–water partition coefficient (Wildman–Crippen LogP) is 3.03. The monoisotopic (exact) mass is 224 g/mol. The summed E-state index contributed by atoms with van der Waals surface area (Å²) >= 11 is 1.80. The Labute approximate surface area is 94.7 Å². The van der Waals surface area contributed by atoms with Crippen LogP contribution in [0.15, 0.2) is 24.3 Å². The smallest absolute Gasteiger partial charge is 0.335 e. The Balaban J connectivity index is 2.93. The third kappa shape index (κ3) is 2.99. The fraction of sp³-hybridized carbons (Fsp3) is 0.417. The van der Waals surface area contributed by atoms with Crippen LogP contribution in [-0.4, -0.2) is 23.1 Å². The molecule has 0 spiro atoms. The minimum atomic E-state index is -0.871. The Morgan fingerprint density at radius 2 is 1.87 bits per heavy atom. The summed E-state index contributed by atoms with van der Waals surface area (Å²) in [7, 11) is 0. The molecule has 1 N–H and O–H groups in total. The summed E-state index contributed by atoms with van der Waals surface area (Å²) in [6.45, 7) is 4.33. The van der Waals surface area contributed by atoms with Crippen molar-refractivity contribution >= 4 is 17.7 Å². The van der Waals surface area contributed by atoms with Gasteiger partial charge in [0.05, 0.1) is 5.56 Å². The predicted molar refractivity (Wildman–Crippen MR) is 64.8 cm³/mol. The van der Waals surface area contributed by atoms with Gasteiger partial charge in [-0.1, -0.05) is 26.0 Å². The Hall–Kier alpha value is -0.960. The average Bonchev–Trinajstić information content (AvgIpc) is 2.18. The molecule has 0 heterocycles. The molecule has 0 amide bonds. The first kappa shape index (κ1) is 12.1. The first-order chi connectivity index (χ1) is 6.97. The van der Waals surface area contributed by atoms with Crippen molar-refractivity contribution in [3.8, 4) is 0 Å². The minimum Gasteiger partial charge on any atom is -0.478 e. The van der Waals surface area contributed by atoms with Gasteiger partial charge in [-0.2, -0.15) is 11.8 Å². The van der Waals surface area contributed by atoms with Crippen LogP contribution in [0, 0.1) is 0 Å². The van der Waals surface area contributed by atoms with E-state index >= 15 is 0 Å². The Bertz CT molecular complexity index is 341. The van der Waals surface area contributed by atoms with Gasteiger partial charge in [0, 0.05) is 5.75 Å². The molecular formula is C12H16O2S. The van der Waals surface area contributed by atoms with E-state index in [1.165, 1.54) is 5.56 Å². The summed E-state index contributed by atoms with van der Waals surface area (Å²) in [5.41, 5.74) is 1.62. The third-order valence-electron chi connectivity index (χ3n) is 2.42. The molecule has 0 saturated carbocycles. The standard InChI is InChI=1S/C12H16O2S/c1-12(2,8-15-3)10-6-4-9(5-7-10)11(13)14/h4-7H,8H2,1-3H3,(H,13,14). The molecule has 1 aromatic carbocycles. The number of rotatable bonds is 4. The van der Waals surface area contributed by atoms with Crippen LogP contribution in [0.3, 0.4) is 0 Å². The van der Waals surface area contributed by atoms with E-state index in [4.69, 9.17) is 5.11 Å².